The second-order valence-electron chi connectivity index (χ2n) is 10.1. The Balaban J connectivity index is 1.50. The first-order valence-electron chi connectivity index (χ1n) is 11.6. The van der Waals surface area contributed by atoms with Gasteiger partial charge in [0.2, 0.25) is 0 Å². The van der Waals surface area contributed by atoms with Crippen LogP contribution in [0.1, 0.15) is 67.1 Å². The molecule has 2 unspecified atom stereocenters. The zero-order valence-corrected chi connectivity index (χ0v) is 21.1. The van der Waals surface area contributed by atoms with E-state index in [0.29, 0.717) is 29.1 Å². The van der Waals surface area contributed by atoms with Crippen molar-refractivity contribution >= 4 is 29.3 Å². The second-order valence-corrected chi connectivity index (χ2v) is 11.0. The lowest BCUT2D eigenvalue weighted by molar-refractivity contribution is 0.0213. The standard InChI is InChI=1S/C26H28Cl2N4O2/c1-26(2,3)34-25(33)31-12-19-10-16(18-6-9-24-29-15-30-32(24)13-18)4-7-20(19)21(14-31)17-5-8-22(27)23(28)11-17/h4-5,7-8,10-11,15,18,21H,6,9,12-14H2,1-3H3. The molecule has 2 aliphatic rings. The van der Waals surface area contributed by atoms with E-state index in [1.165, 1.54) is 11.1 Å². The predicted molar refractivity (Wildman–Crippen MR) is 132 cm³/mol. The van der Waals surface area contributed by atoms with Crippen molar-refractivity contribution in [1.29, 1.82) is 0 Å². The molecule has 5 rings (SSSR count). The van der Waals surface area contributed by atoms with E-state index in [1.807, 2.05) is 43.7 Å². The molecule has 2 aromatic carbocycles. The summed E-state index contributed by atoms with van der Waals surface area (Å²) >= 11 is 12.5. The molecule has 0 radical (unpaired) electrons. The van der Waals surface area contributed by atoms with Gasteiger partial charge in [-0.05, 0) is 61.6 Å². The van der Waals surface area contributed by atoms with Gasteiger partial charge in [0.15, 0.2) is 0 Å². The van der Waals surface area contributed by atoms with Gasteiger partial charge in [0.25, 0.3) is 0 Å². The van der Waals surface area contributed by atoms with Gasteiger partial charge in [-0.1, -0.05) is 47.5 Å². The molecule has 1 amide bonds. The van der Waals surface area contributed by atoms with Crippen LogP contribution in [-0.4, -0.2) is 37.9 Å². The maximum atomic E-state index is 13.1. The van der Waals surface area contributed by atoms with Crippen LogP contribution in [0.4, 0.5) is 4.79 Å². The Morgan fingerprint density at radius 1 is 1.06 bits per heavy atom. The van der Waals surface area contributed by atoms with Crippen LogP contribution in [-0.2, 0) is 24.2 Å². The molecule has 6 nitrogen and oxygen atoms in total. The summed E-state index contributed by atoms with van der Waals surface area (Å²) in [6.45, 7) is 7.51. The molecule has 0 spiro atoms. The minimum atomic E-state index is -0.560. The summed E-state index contributed by atoms with van der Waals surface area (Å²) in [5.41, 5.74) is 4.07. The fourth-order valence-corrected chi connectivity index (χ4v) is 5.24. The first-order chi connectivity index (χ1) is 16.2. The van der Waals surface area contributed by atoms with E-state index < -0.39 is 5.60 Å². The van der Waals surface area contributed by atoms with Gasteiger partial charge in [-0.2, -0.15) is 5.10 Å². The zero-order chi connectivity index (χ0) is 24.0. The molecule has 178 valence electrons. The molecule has 0 saturated heterocycles. The monoisotopic (exact) mass is 498 g/mol. The minimum Gasteiger partial charge on any atom is -0.444 e. The third-order valence-electron chi connectivity index (χ3n) is 6.58. The molecular formula is C26H28Cl2N4O2. The number of nitrogens with zero attached hydrogens (tertiary/aromatic N) is 4. The van der Waals surface area contributed by atoms with Crippen molar-refractivity contribution in [2.45, 2.75) is 64.1 Å². The molecule has 34 heavy (non-hydrogen) atoms. The van der Waals surface area contributed by atoms with Crippen LogP contribution in [0.15, 0.2) is 42.7 Å². The largest absolute Gasteiger partial charge is 0.444 e. The molecule has 8 heteroatoms. The van der Waals surface area contributed by atoms with Crippen molar-refractivity contribution in [3.05, 3.63) is 80.8 Å². The van der Waals surface area contributed by atoms with Crippen molar-refractivity contribution in [3.8, 4) is 0 Å². The van der Waals surface area contributed by atoms with E-state index in [9.17, 15) is 4.79 Å². The highest BCUT2D eigenvalue weighted by atomic mass is 35.5. The Bertz CT molecular complexity index is 1230. The van der Waals surface area contributed by atoms with Crippen molar-refractivity contribution in [3.63, 3.8) is 0 Å². The van der Waals surface area contributed by atoms with Gasteiger partial charge in [-0.25, -0.2) is 14.5 Å². The number of benzene rings is 2. The Labute approximate surface area is 209 Å². The van der Waals surface area contributed by atoms with Gasteiger partial charge >= 0.3 is 6.09 Å². The van der Waals surface area contributed by atoms with Gasteiger partial charge in [-0.3, -0.25) is 0 Å². The SMILES string of the molecule is CC(C)(C)OC(=O)N1Cc2cc(C3CCc4ncnn4C3)ccc2C(c2ccc(Cl)c(Cl)c2)C1. The van der Waals surface area contributed by atoms with E-state index in [1.54, 1.807) is 11.2 Å². The number of halogens is 2. The van der Waals surface area contributed by atoms with Crippen molar-refractivity contribution in [2.75, 3.05) is 6.54 Å². The summed E-state index contributed by atoms with van der Waals surface area (Å²) in [6, 6.07) is 12.4. The molecule has 0 N–H and O–H groups in total. The maximum absolute atomic E-state index is 13.1. The lowest BCUT2D eigenvalue weighted by Gasteiger charge is -2.36. The van der Waals surface area contributed by atoms with E-state index >= 15 is 0 Å². The van der Waals surface area contributed by atoms with E-state index in [0.717, 1.165) is 36.3 Å². The maximum Gasteiger partial charge on any atom is 0.410 e. The Hall–Kier alpha value is -2.57. The number of carbonyl (C=O) groups is 1. The summed E-state index contributed by atoms with van der Waals surface area (Å²) in [6.07, 6.45) is 3.27. The van der Waals surface area contributed by atoms with Crippen LogP contribution in [0.5, 0.6) is 0 Å². The van der Waals surface area contributed by atoms with Crippen molar-refractivity contribution in [2.24, 2.45) is 0 Å². The highest BCUT2D eigenvalue weighted by Gasteiger charge is 2.33. The van der Waals surface area contributed by atoms with E-state index in [4.69, 9.17) is 27.9 Å². The quantitative estimate of drug-likeness (QED) is 0.422. The number of hydrogen-bond acceptors (Lipinski definition) is 4. The Morgan fingerprint density at radius 2 is 1.85 bits per heavy atom. The van der Waals surface area contributed by atoms with Crippen LogP contribution in [0.25, 0.3) is 0 Å². The topological polar surface area (TPSA) is 60.2 Å². The number of fused-ring (bicyclic) bond motifs is 2. The molecule has 2 aliphatic heterocycles. The van der Waals surface area contributed by atoms with Gasteiger partial charge in [0, 0.05) is 37.9 Å². The second kappa shape index (κ2) is 8.90. The number of carbonyl (C=O) groups excluding carboxylic acids is 1. The average Bonchev–Trinajstić information content (AvgIpc) is 3.26. The lowest BCUT2D eigenvalue weighted by atomic mass is 9.82. The molecule has 1 aromatic heterocycles. The molecular weight excluding hydrogens is 471 g/mol. The summed E-state index contributed by atoms with van der Waals surface area (Å²) in [7, 11) is 0. The van der Waals surface area contributed by atoms with Crippen molar-refractivity contribution < 1.29 is 9.53 Å². The number of ether oxygens (including phenoxy) is 1. The summed E-state index contributed by atoms with van der Waals surface area (Å²) in [5.74, 6) is 1.39. The summed E-state index contributed by atoms with van der Waals surface area (Å²) in [4.78, 5) is 19.2. The summed E-state index contributed by atoms with van der Waals surface area (Å²) < 4.78 is 7.72. The van der Waals surface area contributed by atoms with Gasteiger partial charge in [0.1, 0.15) is 17.8 Å². The minimum absolute atomic E-state index is 0.0200. The Kier molecular flexibility index (Phi) is 6.07. The highest BCUT2D eigenvalue weighted by molar-refractivity contribution is 6.42. The fourth-order valence-electron chi connectivity index (χ4n) is 4.93. The molecule has 0 bridgehead atoms. The number of rotatable bonds is 2. The molecule has 0 aliphatic carbocycles. The number of amides is 1. The third kappa shape index (κ3) is 4.66. The predicted octanol–water partition coefficient (Wildman–Crippen LogP) is 6.20. The molecule has 3 aromatic rings. The first-order valence-corrected chi connectivity index (χ1v) is 12.4. The lowest BCUT2D eigenvalue weighted by Crippen LogP contribution is -2.41. The molecule has 3 heterocycles. The van der Waals surface area contributed by atoms with E-state index in [-0.39, 0.29) is 12.0 Å². The average molecular weight is 499 g/mol. The first kappa shape index (κ1) is 23.2. The van der Waals surface area contributed by atoms with Crippen LogP contribution < -0.4 is 0 Å². The number of aryl methyl sites for hydroxylation is 1. The summed E-state index contributed by atoms with van der Waals surface area (Å²) in [5, 5.41) is 5.40. The van der Waals surface area contributed by atoms with Crippen LogP contribution in [0, 0.1) is 0 Å². The normalized spacial score (nSPS) is 20.0. The molecule has 2 atom stereocenters. The van der Waals surface area contributed by atoms with Gasteiger partial charge in [-0.15, -0.1) is 0 Å². The smallest absolute Gasteiger partial charge is 0.410 e. The fraction of sp³-hybridized carbons (Fsp3) is 0.423. The van der Waals surface area contributed by atoms with Crippen molar-refractivity contribution in [1.82, 2.24) is 19.7 Å². The number of hydrogen-bond donors (Lipinski definition) is 0. The van der Waals surface area contributed by atoms with Gasteiger partial charge in [0.05, 0.1) is 10.0 Å². The van der Waals surface area contributed by atoms with Crippen LogP contribution >= 0.6 is 23.2 Å². The van der Waals surface area contributed by atoms with E-state index in [2.05, 4.69) is 28.3 Å². The zero-order valence-electron chi connectivity index (χ0n) is 19.6. The molecule has 0 fully saturated rings. The van der Waals surface area contributed by atoms with Crippen LogP contribution in [0.2, 0.25) is 10.0 Å². The number of aromatic nitrogens is 3. The van der Waals surface area contributed by atoms with Gasteiger partial charge < -0.3 is 9.64 Å². The van der Waals surface area contributed by atoms with Crippen LogP contribution in [0.3, 0.4) is 0 Å². The highest BCUT2D eigenvalue weighted by Crippen LogP contribution is 2.38. The third-order valence-corrected chi connectivity index (χ3v) is 7.32. The molecule has 0 saturated carbocycles. The Morgan fingerprint density at radius 3 is 2.62 bits per heavy atom.